The van der Waals surface area contributed by atoms with Gasteiger partial charge in [0.15, 0.2) is 0 Å². The van der Waals surface area contributed by atoms with Crippen LogP contribution >= 0.6 is 0 Å². The van der Waals surface area contributed by atoms with Crippen LogP contribution in [0, 0.1) is 0 Å². The number of hydrogen-bond donors (Lipinski definition) is 1. The number of hydrogen-bond acceptors (Lipinski definition) is 5. The number of carbonyl (C=O) groups excluding carboxylic acids is 2. The zero-order valence-corrected chi connectivity index (χ0v) is 18.6. The molecule has 0 saturated carbocycles. The van der Waals surface area contributed by atoms with Crippen LogP contribution in [-0.4, -0.2) is 50.6 Å². The van der Waals surface area contributed by atoms with Gasteiger partial charge in [-0.2, -0.15) is 0 Å². The van der Waals surface area contributed by atoms with Crippen molar-refractivity contribution >= 4 is 33.6 Å². The predicted molar refractivity (Wildman–Crippen MR) is 118 cm³/mol. The summed E-state index contributed by atoms with van der Waals surface area (Å²) >= 11 is 0. The molecule has 1 unspecified atom stereocenters. The molecular weight excluding hydrogens is 418 g/mol. The number of amides is 2. The summed E-state index contributed by atoms with van der Waals surface area (Å²) in [7, 11) is 0.454. The van der Waals surface area contributed by atoms with Gasteiger partial charge in [-0.1, -0.05) is 24.3 Å². The van der Waals surface area contributed by atoms with Crippen molar-refractivity contribution in [3.8, 4) is 5.75 Å². The Morgan fingerprint density at radius 2 is 1.87 bits per heavy atom. The quantitative estimate of drug-likeness (QED) is 0.741. The summed E-state index contributed by atoms with van der Waals surface area (Å²) in [5.74, 6) is -0.340. The minimum atomic E-state index is -3.77. The molecule has 0 aliphatic carbocycles. The molecule has 1 aliphatic heterocycles. The highest BCUT2D eigenvalue weighted by Crippen LogP contribution is 2.34. The smallest absolute Gasteiger partial charge is 0.246 e. The molecule has 1 aliphatic rings. The minimum Gasteiger partial charge on any atom is -0.495 e. The van der Waals surface area contributed by atoms with E-state index in [2.05, 4.69) is 5.32 Å². The SMILES string of the molecule is COc1ccc(NC(=O)CC2c3ccccc3C=CN2C(C)=O)cc1S(=O)(=O)N(C)C. The molecule has 0 aromatic heterocycles. The van der Waals surface area contributed by atoms with Crippen molar-refractivity contribution in [1.29, 1.82) is 0 Å². The van der Waals surface area contributed by atoms with Crippen molar-refractivity contribution in [2.24, 2.45) is 0 Å². The molecule has 1 N–H and O–H groups in total. The Kier molecular flexibility index (Phi) is 6.47. The number of benzene rings is 2. The molecule has 9 heteroatoms. The Labute approximate surface area is 182 Å². The van der Waals surface area contributed by atoms with E-state index in [1.807, 2.05) is 30.3 Å². The van der Waals surface area contributed by atoms with Crippen LogP contribution in [0.25, 0.3) is 6.08 Å². The summed E-state index contributed by atoms with van der Waals surface area (Å²) in [6, 6.07) is 11.6. The minimum absolute atomic E-state index is 0.0166. The fraction of sp³-hybridized carbons (Fsp3) is 0.273. The Morgan fingerprint density at radius 3 is 2.52 bits per heavy atom. The van der Waals surface area contributed by atoms with E-state index in [4.69, 9.17) is 4.74 Å². The summed E-state index contributed by atoms with van der Waals surface area (Å²) in [4.78, 5) is 26.4. The molecule has 0 radical (unpaired) electrons. The highest BCUT2D eigenvalue weighted by Gasteiger charge is 2.28. The number of fused-ring (bicyclic) bond motifs is 1. The first kappa shape index (κ1) is 22.5. The van der Waals surface area contributed by atoms with Gasteiger partial charge in [-0.25, -0.2) is 12.7 Å². The molecule has 8 nitrogen and oxygen atoms in total. The molecule has 0 saturated heterocycles. The first-order valence-electron chi connectivity index (χ1n) is 9.61. The lowest BCUT2D eigenvalue weighted by atomic mass is 9.93. The molecule has 0 spiro atoms. The molecule has 0 fully saturated rings. The van der Waals surface area contributed by atoms with Crippen molar-refractivity contribution in [1.82, 2.24) is 9.21 Å². The first-order chi connectivity index (χ1) is 14.6. The maximum atomic E-state index is 12.8. The third-order valence-corrected chi connectivity index (χ3v) is 6.89. The van der Waals surface area contributed by atoms with Crippen molar-refractivity contribution in [3.05, 3.63) is 59.8 Å². The average Bonchev–Trinajstić information content (AvgIpc) is 2.73. The van der Waals surface area contributed by atoms with Crippen LogP contribution in [0.1, 0.15) is 30.5 Å². The molecule has 31 heavy (non-hydrogen) atoms. The number of nitrogens with one attached hydrogen (secondary N) is 1. The standard InChI is InChI=1S/C22H25N3O5S/c1-15(26)25-12-11-16-7-5-6-8-18(16)19(25)14-22(27)23-17-9-10-20(30-4)21(13-17)31(28,29)24(2)3/h5-13,19H,14H2,1-4H3,(H,23,27). The molecule has 1 heterocycles. The van der Waals surface area contributed by atoms with Crippen LogP contribution in [-0.2, 0) is 19.6 Å². The number of sulfonamides is 1. The van der Waals surface area contributed by atoms with Crippen molar-refractivity contribution < 1.29 is 22.7 Å². The van der Waals surface area contributed by atoms with E-state index in [1.54, 1.807) is 12.3 Å². The van der Waals surface area contributed by atoms with Crippen molar-refractivity contribution in [2.45, 2.75) is 24.3 Å². The topological polar surface area (TPSA) is 96.0 Å². The van der Waals surface area contributed by atoms with E-state index in [0.29, 0.717) is 5.69 Å². The monoisotopic (exact) mass is 443 g/mol. The number of ether oxygens (including phenoxy) is 1. The van der Waals surface area contributed by atoms with Gasteiger partial charge in [-0.3, -0.25) is 9.59 Å². The van der Waals surface area contributed by atoms with E-state index >= 15 is 0 Å². The van der Waals surface area contributed by atoms with E-state index in [9.17, 15) is 18.0 Å². The maximum Gasteiger partial charge on any atom is 0.246 e. The highest BCUT2D eigenvalue weighted by atomic mass is 32.2. The molecular formula is C22H25N3O5S. The maximum absolute atomic E-state index is 12.8. The van der Waals surface area contributed by atoms with Gasteiger partial charge in [0.1, 0.15) is 10.6 Å². The highest BCUT2D eigenvalue weighted by molar-refractivity contribution is 7.89. The van der Waals surface area contributed by atoms with Gasteiger partial charge in [0.05, 0.1) is 19.6 Å². The van der Waals surface area contributed by atoms with E-state index in [1.165, 1.54) is 45.2 Å². The fourth-order valence-electron chi connectivity index (χ4n) is 3.45. The average molecular weight is 444 g/mol. The van der Waals surface area contributed by atoms with Crippen LogP contribution in [0.5, 0.6) is 5.75 Å². The van der Waals surface area contributed by atoms with E-state index < -0.39 is 16.1 Å². The zero-order valence-electron chi connectivity index (χ0n) is 17.8. The van der Waals surface area contributed by atoms with Crippen molar-refractivity contribution in [3.63, 3.8) is 0 Å². The summed E-state index contributed by atoms with van der Waals surface area (Å²) in [6.45, 7) is 1.45. The number of rotatable bonds is 6. The molecule has 2 aromatic rings. The van der Waals surface area contributed by atoms with Crippen molar-refractivity contribution in [2.75, 3.05) is 26.5 Å². The fourth-order valence-corrected chi connectivity index (χ4v) is 4.53. The summed E-state index contributed by atoms with van der Waals surface area (Å²) in [5, 5.41) is 2.74. The molecule has 164 valence electrons. The number of anilines is 1. The Balaban J connectivity index is 1.87. The van der Waals surface area contributed by atoms with Gasteiger partial charge in [-0.05, 0) is 35.4 Å². The normalized spacial score (nSPS) is 15.5. The van der Waals surface area contributed by atoms with E-state index in [-0.39, 0.29) is 28.9 Å². The van der Waals surface area contributed by atoms with Crippen LogP contribution in [0.2, 0.25) is 0 Å². The number of carbonyl (C=O) groups is 2. The van der Waals surface area contributed by atoms with E-state index in [0.717, 1.165) is 15.4 Å². The Hall–Kier alpha value is -3.17. The lowest BCUT2D eigenvalue weighted by molar-refractivity contribution is -0.129. The van der Waals surface area contributed by atoms with Gasteiger partial charge in [0.25, 0.3) is 0 Å². The third-order valence-electron chi connectivity index (χ3n) is 5.05. The lowest BCUT2D eigenvalue weighted by Gasteiger charge is -2.32. The van der Waals surface area contributed by atoms with Gasteiger partial charge < -0.3 is 15.0 Å². The third kappa shape index (κ3) is 4.62. The second-order valence-electron chi connectivity index (χ2n) is 7.29. The van der Waals surface area contributed by atoms with Gasteiger partial charge >= 0.3 is 0 Å². The zero-order chi connectivity index (χ0) is 22.8. The molecule has 0 bridgehead atoms. The van der Waals surface area contributed by atoms with Crippen LogP contribution in [0.15, 0.2) is 53.6 Å². The second-order valence-corrected chi connectivity index (χ2v) is 9.41. The molecule has 2 aromatic carbocycles. The first-order valence-corrected chi connectivity index (χ1v) is 11.1. The van der Waals surface area contributed by atoms with Gasteiger partial charge in [0, 0.05) is 32.9 Å². The summed E-state index contributed by atoms with van der Waals surface area (Å²) in [5.41, 5.74) is 2.14. The second kappa shape index (κ2) is 8.91. The number of methoxy groups -OCH3 is 1. The van der Waals surface area contributed by atoms with Gasteiger partial charge in [-0.15, -0.1) is 0 Å². The van der Waals surface area contributed by atoms with Crippen LogP contribution < -0.4 is 10.1 Å². The number of nitrogens with zero attached hydrogens (tertiary/aromatic N) is 2. The summed E-state index contributed by atoms with van der Waals surface area (Å²) in [6.07, 6.45) is 3.54. The van der Waals surface area contributed by atoms with Gasteiger partial charge in [0.2, 0.25) is 21.8 Å². The molecule has 2 amide bonds. The largest absolute Gasteiger partial charge is 0.495 e. The lowest BCUT2D eigenvalue weighted by Crippen LogP contribution is -2.33. The molecule has 1 atom stereocenters. The Morgan fingerprint density at radius 1 is 1.16 bits per heavy atom. The van der Waals surface area contributed by atoms with Crippen LogP contribution in [0.3, 0.4) is 0 Å². The van der Waals surface area contributed by atoms with Crippen LogP contribution in [0.4, 0.5) is 5.69 Å². The molecule has 3 rings (SSSR count). The summed E-state index contributed by atoms with van der Waals surface area (Å²) < 4.78 is 31.5. The predicted octanol–water partition coefficient (Wildman–Crippen LogP) is 2.85. The Bertz CT molecular complexity index is 1140.